The minimum atomic E-state index is -0.177. The van der Waals surface area contributed by atoms with Gasteiger partial charge in [0.05, 0.1) is 12.2 Å². The zero-order valence-electron chi connectivity index (χ0n) is 22.6. The van der Waals surface area contributed by atoms with E-state index in [4.69, 9.17) is 0 Å². The first-order valence-electron chi connectivity index (χ1n) is 14.1. The highest BCUT2D eigenvalue weighted by molar-refractivity contribution is 5.19. The molecule has 0 heterocycles. The van der Waals surface area contributed by atoms with Gasteiger partial charge in [0.25, 0.3) is 0 Å². The fraction of sp³-hybridized carbons (Fsp3) is 1.00. The summed E-state index contributed by atoms with van der Waals surface area (Å²) in [6.07, 6.45) is 11.9. The summed E-state index contributed by atoms with van der Waals surface area (Å²) in [7, 11) is 0. The molecule has 1 unspecified atom stereocenters. The van der Waals surface area contributed by atoms with Crippen molar-refractivity contribution in [1.82, 2.24) is 0 Å². The Kier molecular flexibility index (Phi) is 6.45. The maximum atomic E-state index is 11.8. The third-order valence-corrected chi connectivity index (χ3v) is 12.6. The van der Waals surface area contributed by atoms with Crippen LogP contribution in [-0.4, -0.2) is 22.4 Å². The SMILES string of the molecule is CC(C)CCC[C@@H](C)[C@H]1CC[C@@]2(C)[C@@H]1[C@H](O)C[C@@H]1[C@@]3(C)CC[C@H](O)C(C)(C)C3CC[C@]12C. The monoisotopic (exact) mass is 446 g/mol. The van der Waals surface area contributed by atoms with Gasteiger partial charge < -0.3 is 10.2 Å². The maximum Gasteiger partial charge on any atom is 0.0594 e. The molecule has 0 saturated heterocycles. The molecule has 2 N–H and O–H groups in total. The van der Waals surface area contributed by atoms with E-state index in [-0.39, 0.29) is 28.5 Å². The Morgan fingerprint density at radius 2 is 1.44 bits per heavy atom. The summed E-state index contributed by atoms with van der Waals surface area (Å²) in [5.41, 5.74) is 0.791. The van der Waals surface area contributed by atoms with Gasteiger partial charge in [-0.2, -0.15) is 0 Å². The predicted octanol–water partition coefficient (Wildman–Crippen LogP) is 7.47. The molecule has 0 aromatic heterocycles. The Bertz CT molecular complexity index is 684. The number of aliphatic hydroxyl groups is 2. The lowest BCUT2D eigenvalue weighted by Crippen LogP contribution is -2.66. The molecule has 0 spiro atoms. The molecule has 4 saturated carbocycles. The molecule has 0 amide bonds. The molecule has 0 aromatic rings. The summed E-state index contributed by atoms with van der Waals surface area (Å²) in [5.74, 6) is 3.83. The smallest absolute Gasteiger partial charge is 0.0594 e. The van der Waals surface area contributed by atoms with Crippen LogP contribution in [0.2, 0.25) is 0 Å². The van der Waals surface area contributed by atoms with E-state index in [1.54, 1.807) is 0 Å². The molecule has 2 nitrogen and oxygen atoms in total. The van der Waals surface area contributed by atoms with Crippen LogP contribution in [0, 0.1) is 57.2 Å². The van der Waals surface area contributed by atoms with Crippen LogP contribution in [0.3, 0.4) is 0 Å². The van der Waals surface area contributed by atoms with Crippen LogP contribution in [0.25, 0.3) is 0 Å². The van der Waals surface area contributed by atoms with Gasteiger partial charge in [-0.3, -0.25) is 0 Å². The van der Waals surface area contributed by atoms with E-state index in [0.717, 1.165) is 31.1 Å². The number of hydrogen-bond donors (Lipinski definition) is 2. The van der Waals surface area contributed by atoms with Gasteiger partial charge >= 0.3 is 0 Å². The average Bonchev–Trinajstić information content (AvgIpc) is 3.07. The van der Waals surface area contributed by atoms with Gasteiger partial charge in [0.2, 0.25) is 0 Å². The van der Waals surface area contributed by atoms with Gasteiger partial charge in [0.1, 0.15) is 0 Å². The lowest BCUT2D eigenvalue weighted by Gasteiger charge is -2.70. The average molecular weight is 447 g/mol. The van der Waals surface area contributed by atoms with Crippen molar-refractivity contribution in [2.75, 3.05) is 0 Å². The zero-order valence-corrected chi connectivity index (χ0v) is 22.6. The molecule has 32 heavy (non-hydrogen) atoms. The van der Waals surface area contributed by atoms with Crippen LogP contribution < -0.4 is 0 Å². The Labute approximate surface area is 199 Å². The molecule has 186 valence electrons. The van der Waals surface area contributed by atoms with Crippen molar-refractivity contribution in [2.45, 2.75) is 132 Å². The fourth-order valence-corrected chi connectivity index (χ4v) is 10.5. The summed E-state index contributed by atoms with van der Waals surface area (Å²) in [4.78, 5) is 0. The lowest BCUT2D eigenvalue weighted by molar-refractivity contribution is -0.242. The van der Waals surface area contributed by atoms with Crippen molar-refractivity contribution in [2.24, 2.45) is 57.2 Å². The van der Waals surface area contributed by atoms with Crippen molar-refractivity contribution in [3.63, 3.8) is 0 Å². The summed E-state index contributed by atoms with van der Waals surface area (Å²) in [6.45, 7) is 19.6. The summed E-state index contributed by atoms with van der Waals surface area (Å²) in [5, 5.41) is 22.6. The molecule has 4 rings (SSSR count). The molecule has 10 atom stereocenters. The second kappa shape index (κ2) is 8.25. The van der Waals surface area contributed by atoms with Gasteiger partial charge in [-0.1, -0.05) is 74.7 Å². The van der Waals surface area contributed by atoms with Gasteiger partial charge in [0, 0.05) is 0 Å². The largest absolute Gasteiger partial charge is 0.393 e. The summed E-state index contributed by atoms with van der Waals surface area (Å²) < 4.78 is 0. The molecular weight excluding hydrogens is 392 g/mol. The normalized spacial score (nSPS) is 51.1. The van der Waals surface area contributed by atoms with Crippen LogP contribution in [0.5, 0.6) is 0 Å². The van der Waals surface area contributed by atoms with Crippen molar-refractivity contribution >= 4 is 0 Å². The molecule has 0 bridgehead atoms. The first-order chi connectivity index (χ1) is 14.8. The van der Waals surface area contributed by atoms with Gasteiger partial charge in [0.15, 0.2) is 0 Å². The Hall–Kier alpha value is -0.0800. The number of fused-ring (bicyclic) bond motifs is 5. The molecular formula is C30H54O2. The fourth-order valence-electron chi connectivity index (χ4n) is 10.5. The van der Waals surface area contributed by atoms with E-state index in [2.05, 4.69) is 55.4 Å². The van der Waals surface area contributed by atoms with Gasteiger partial charge in [-0.25, -0.2) is 0 Å². The number of aliphatic hydroxyl groups excluding tert-OH is 2. The van der Waals surface area contributed by atoms with Crippen LogP contribution in [0.15, 0.2) is 0 Å². The molecule has 4 fully saturated rings. The number of rotatable bonds is 5. The van der Waals surface area contributed by atoms with Crippen molar-refractivity contribution in [3.05, 3.63) is 0 Å². The third-order valence-electron chi connectivity index (χ3n) is 12.6. The number of hydrogen-bond acceptors (Lipinski definition) is 2. The quantitative estimate of drug-likeness (QED) is 0.460. The predicted molar refractivity (Wildman–Crippen MR) is 134 cm³/mol. The maximum absolute atomic E-state index is 11.8. The lowest BCUT2D eigenvalue weighted by atomic mass is 9.35. The summed E-state index contributed by atoms with van der Waals surface area (Å²) >= 11 is 0. The van der Waals surface area contributed by atoms with Crippen molar-refractivity contribution < 1.29 is 10.2 Å². The Morgan fingerprint density at radius 1 is 0.781 bits per heavy atom. The molecule has 0 radical (unpaired) electrons. The second-order valence-electron chi connectivity index (χ2n) is 14.7. The van der Waals surface area contributed by atoms with E-state index < -0.39 is 0 Å². The first-order valence-corrected chi connectivity index (χ1v) is 14.1. The third kappa shape index (κ3) is 3.47. The van der Waals surface area contributed by atoms with E-state index in [9.17, 15) is 10.2 Å². The minimum absolute atomic E-state index is 0.0137. The molecule has 2 heteroatoms. The minimum Gasteiger partial charge on any atom is -0.393 e. The van der Waals surface area contributed by atoms with Crippen molar-refractivity contribution in [1.29, 1.82) is 0 Å². The molecule has 0 aliphatic heterocycles. The van der Waals surface area contributed by atoms with E-state index in [1.807, 2.05) is 0 Å². The van der Waals surface area contributed by atoms with Crippen molar-refractivity contribution in [3.8, 4) is 0 Å². The van der Waals surface area contributed by atoms with Crippen LogP contribution in [0.4, 0.5) is 0 Å². The highest BCUT2D eigenvalue weighted by Crippen LogP contribution is 2.75. The van der Waals surface area contributed by atoms with Gasteiger partial charge in [-0.05, 0) is 102 Å². The van der Waals surface area contributed by atoms with E-state index >= 15 is 0 Å². The van der Waals surface area contributed by atoms with Gasteiger partial charge in [-0.15, -0.1) is 0 Å². The summed E-state index contributed by atoms with van der Waals surface area (Å²) in [6, 6.07) is 0. The van der Waals surface area contributed by atoms with Crippen LogP contribution in [-0.2, 0) is 0 Å². The van der Waals surface area contributed by atoms with E-state index in [1.165, 1.54) is 44.9 Å². The van der Waals surface area contributed by atoms with Crippen LogP contribution in [0.1, 0.15) is 120 Å². The Balaban J connectivity index is 1.61. The Morgan fingerprint density at radius 3 is 2.09 bits per heavy atom. The molecule has 4 aliphatic carbocycles. The van der Waals surface area contributed by atoms with E-state index in [0.29, 0.717) is 29.1 Å². The highest BCUT2D eigenvalue weighted by Gasteiger charge is 2.70. The van der Waals surface area contributed by atoms with Crippen LogP contribution >= 0.6 is 0 Å². The topological polar surface area (TPSA) is 40.5 Å². The standard InChI is InChI=1S/C30H54O2/c1-19(2)10-9-11-20(3)21-12-16-30(8)26(21)22(31)18-24-28(6)15-14-25(32)27(4,5)23(28)13-17-29(24,30)7/h19-26,31-32H,9-18H2,1-8H3/t20-,21-,22-,23?,24-,25+,26+,28+,29-,30+/m1/s1. The molecule has 4 aliphatic rings. The highest BCUT2D eigenvalue weighted by atomic mass is 16.3. The first kappa shape index (κ1) is 25.0. The zero-order chi connectivity index (χ0) is 23.7. The second-order valence-corrected chi connectivity index (χ2v) is 14.7. The molecule has 0 aromatic carbocycles.